The number of imidazole rings is 1. The fourth-order valence-corrected chi connectivity index (χ4v) is 4.43. The fraction of sp³-hybridized carbons (Fsp3) is 0.440. The van der Waals surface area contributed by atoms with E-state index >= 15 is 0 Å². The zero-order chi connectivity index (χ0) is 23.6. The smallest absolute Gasteiger partial charge is 0.410 e. The highest BCUT2D eigenvalue weighted by Gasteiger charge is 2.31. The van der Waals surface area contributed by atoms with Gasteiger partial charge in [-0.05, 0) is 75.9 Å². The Labute approximate surface area is 204 Å². The lowest BCUT2D eigenvalue weighted by Gasteiger charge is -2.36. The Morgan fingerprint density at radius 3 is 2.73 bits per heavy atom. The molecule has 1 fully saturated rings. The molecule has 1 amide bonds. The molecule has 33 heavy (non-hydrogen) atoms. The molecule has 1 aliphatic rings. The molecule has 0 spiro atoms. The summed E-state index contributed by atoms with van der Waals surface area (Å²) in [7, 11) is 0. The van der Waals surface area contributed by atoms with E-state index in [1.54, 1.807) is 17.0 Å². The van der Waals surface area contributed by atoms with Crippen molar-refractivity contribution in [3.8, 4) is 6.01 Å². The maximum Gasteiger partial charge on any atom is 0.410 e. The van der Waals surface area contributed by atoms with Crippen molar-refractivity contribution in [2.45, 2.75) is 58.2 Å². The van der Waals surface area contributed by atoms with E-state index < -0.39 is 5.60 Å². The van der Waals surface area contributed by atoms with Gasteiger partial charge in [-0.25, -0.2) is 4.79 Å². The van der Waals surface area contributed by atoms with Crippen LogP contribution < -0.4 is 4.74 Å². The molecule has 0 saturated carbocycles. The molecular weight excluding hydrogens is 461 g/mol. The molecule has 3 aromatic rings. The molecule has 2 aromatic carbocycles. The number of piperidine rings is 1. The van der Waals surface area contributed by atoms with Crippen molar-refractivity contribution >= 4 is 40.3 Å². The van der Waals surface area contributed by atoms with Crippen molar-refractivity contribution in [2.24, 2.45) is 0 Å². The Kier molecular flexibility index (Phi) is 7.05. The fourth-order valence-electron chi connectivity index (χ4n) is 4.06. The van der Waals surface area contributed by atoms with Crippen molar-refractivity contribution in [2.75, 3.05) is 13.2 Å². The Morgan fingerprint density at radius 1 is 1.15 bits per heavy atom. The quantitative estimate of drug-likeness (QED) is 0.407. The maximum atomic E-state index is 12.8. The number of hydrogen-bond acceptors (Lipinski definition) is 4. The van der Waals surface area contributed by atoms with E-state index in [1.165, 1.54) is 0 Å². The average molecular weight is 490 g/mol. The van der Waals surface area contributed by atoms with Crippen molar-refractivity contribution in [1.82, 2.24) is 14.5 Å². The zero-order valence-electron chi connectivity index (χ0n) is 19.2. The molecule has 1 aliphatic heterocycles. The Balaban J connectivity index is 1.57. The molecule has 0 bridgehead atoms. The standard InChI is InChI=1S/C25H29Cl2N3O3/c1-25(2,3)33-24(31)29-13-7-6-8-19(29)16-32-23-28-21-9-4-5-10-22(21)30(23)15-17-14-18(26)11-12-20(17)27/h4-5,9-12,14,19H,6-8,13,15-16H2,1-3H3/t19-/m0/s1. The first kappa shape index (κ1) is 23.7. The van der Waals surface area contributed by atoms with E-state index in [9.17, 15) is 4.79 Å². The third kappa shape index (κ3) is 5.74. The van der Waals surface area contributed by atoms with Crippen molar-refractivity contribution in [3.63, 3.8) is 0 Å². The van der Waals surface area contributed by atoms with Gasteiger partial charge in [-0.3, -0.25) is 4.57 Å². The SMILES string of the molecule is CC(C)(C)OC(=O)N1CCCC[C@H]1COc1nc2ccccc2n1Cc1cc(Cl)ccc1Cl. The van der Waals surface area contributed by atoms with Crippen LogP contribution in [0.3, 0.4) is 0 Å². The summed E-state index contributed by atoms with van der Waals surface area (Å²) in [4.78, 5) is 19.2. The number of hydrogen-bond donors (Lipinski definition) is 0. The van der Waals surface area contributed by atoms with E-state index in [4.69, 9.17) is 37.7 Å². The molecule has 0 unspecified atom stereocenters. The summed E-state index contributed by atoms with van der Waals surface area (Å²) in [6, 6.07) is 13.7. The molecule has 0 radical (unpaired) electrons. The van der Waals surface area contributed by atoms with E-state index in [0.717, 1.165) is 35.9 Å². The minimum atomic E-state index is -0.538. The highest BCUT2D eigenvalue weighted by Crippen LogP contribution is 2.28. The minimum absolute atomic E-state index is 0.0726. The minimum Gasteiger partial charge on any atom is -0.462 e. The van der Waals surface area contributed by atoms with Crippen LogP contribution in [-0.2, 0) is 11.3 Å². The second-order valence-corrected chi connectivity index (χ2v) is 10.2. The van der Waals surface area contributed by atoms with E-state index in [1.807, 2.05) is 55.7 Å². The van der Waals surface area contributed by atoms with Gasteiger partial charge in [0, 0.05) is 16.6 Å². The van der Waals surface area contributed by atoms with Crippen LogP contribution in [0.15, 0.2) is 42.5 Å². The summed E-state index contributed by atoms with van der Waals surface area (Å²) in [5, 5.41) is 1.25. The first-order valence-electron chi connectivity index (χ1n) is 11.2. The molecule has 1 aromatic heterocycles. The van der Waals surface area contributed by atoms with Gasteiger partial charge in [-0.1, -0.05) is 35.3 Å². The molecule has 8 heteroatoms. The third-order valence-electron chi connectivity index (χ3n) is 5.62. The van der Waals surface area contributed by atoms with Crippen LogP contribution in [0.4, 0.5) is 4.79 Å². The van der Waals surface area contributed by atoms with Gasteiger partial charge in [0.05, 0.1) is 23.6 Å². The molecule has 4 rings (SSSR count). The number of rotatable bonds is 5. The highest BCUT2D eigenvalue weighted by molar-refractivity contribution is 6.33. The first-order valence-corrected chi connectivity index (χ1v) is 12.0. The van der Waals surface area contributed by atoms with Gasteiger partial charge in [-0.15, -0.1) is 0 Å². The summed E-state index contributed by atoms with van der Waals surface area (Å²) in [6.07, 6.45) is 2.57. The molecular formula is C25H29Cl2N3O3. The summed E-state index contributed by atoms with van der Waals surface area (Å²) in [5.74, 6) is 0. The van der Waals surface area contributed by atoms with Gasteiger partial charge in [0.1, 0.15) is 12.2 Å². The van der Waals surface area contributed by atoms with Gasteiger partial charge in [0.25, 0.3) is 6.01 Å². The predicted octanol–water partition coefficient (Wildman–Crippen LogP) is 6.56. The van der Waals surface area contributed by atoms with E-state index in [0.29, 0.717) is 35.8 Å². The third-order valence-corrected chi connectivity index (χ3v) is 6.22. The van der Waals surface area contributed by atoms with Crippen LogP contribution in [0.5, 0.6) is 6.01 Å². The molecule has 1 saturated heterocycles. The number of likely N-dealkylation sites (tertiary alicyclic amines) is 1. The molecule has 1 atom stereocenters. The van der Waals surface area contributed by atoms with Gasteiger partial charge in [0.2, 0.25) is 0 Å². The van der Waals surface area contributed by atoms with Crippen LogP contribution in [0.25, 0.3) is 11.0 Å². The summed E-state index contributed by atoms with van der Waals surface area (Å²) >= 11 is 12.6. The summed E-state index contributed by atoms with van der Waals surface area (Å²) < 4.78 is 13.9. The number of halogens is 2. The monoisotopic (exact) mass is 489 g/mol. The van der Waals surface area contributed by atoms with Crippen LogP contribution in [-0.4, -0.2) is 45.3 Å². The van der Waals surface area contributed by atoms with E-state index in [-0.39, 0.29) is 12.1 Å². The first-order chi connectivity index (χ1) is 15.7. The molecule has 176 valence electrons. The zero-order valence-corrected chi connectivity index (χ0v) is 20.7. The Morgan fingerprint density at radius 2 is 1.94 bits per heavy atom. The number of benzene rings is 2. The lowest BCUT2D eigenvalue weighted by atomic mass is 10.0. The van der Waals surface area contributed by atoms with Crippen LogP contribution in [0, 0.1) is 0 Å². The van der Waals surface area contributed by atoms with Crippen LogP contribution >= 0.6 is 23.2 Å². The van der Waals surface area contributed by atoms with Gasteiger partial charge >= 0.3 is 6.09 Å². The van der Waals surface area contributed by atoms with Crippen molar-refractivity contribution < 1.29 is 14.3 Å². The average Bonchev–Trinajstić information content (AvgIpc) is 3.11. The largest absolute Gasteiger partial charge is 0.462 e. The number of aromatic nitrogens is 2. The lowest BCUT2D eigenvalue weighted by Crippen LogP contribution is -2.48. The number of amides is 1. The number of para-hydroxylation sites is 2. The normalized spacial score (nSPS) is 16.8. The number of carbonyl (C=O) groups excluding carboxylic acids is 1. The summed E-state index contributed by atoms with van der Waals surface area (Å²) in [5.41, 5.74) is 2.11. The van der Waals surface area contributed by atoms with Crippen LogP contribution in [0.1, 0.15) is 45.6 Å². The second kappa shape index (κ2) is 9.82. The van der Waals surface area contributed by atoms with Gasteiger partial charge < -0.3 is 14.4 Å². The molecule has 2 heterocycles. The summed E-state index contributed by atoms with van der Waals surface area (Å²) in [6.45, 7) is 7.11. The number of carbonyl (C=O) groups is 1. The molecule has 6 nitrogen and oxygen atoms in total. The molecule has 0 aliphatic carbocycles. The number of nitrogens with zero attached hydrogens (tertiary/aromatic N) is 3. The Hall–Kier alpha value is -2.44. The molecule has 0 N–H and O–H groups in total. The van der Waals surface area contributed by atoms with E-state index in [2.05, 4.69) is 0 Å². The van der Waals surface area contributed by atoms with Crippen molar-refractivity contribution in [1.29, 1.82) is 0 Å². The Bertz CT molecular complexity index is 1140. The highest BCUT2D eigenvalue weighted by atomic mass is 35.5. The second-order valence-electron chi connectivity index (χ2n) is 9.34. The predicted molar refractivity (Wildman–Crippen MR) is 131 cm³/mol. The number of ether oxygens (including phenoxy) is 2. The van der Waals surface area contributed by atoms with Crippen LogP contribution in [0.2, 0.25) is 10.0 Å². The van der Waals surface area contributed by atoms with Gasteiger partial charge in [-0.2, -0.15) is 4.98 Å². The van der Waals surface area contributed by atoms with Gasteiger partial charge in [0.15, 0.2) is 0 Å². The maximum absolute atomic E-state index is 12.8. The lowest BCUT2D eigenvalue weighted by molar-refractivity contribution is 0.00290. The van der Waals surface area contributed by atoms with Crippen molar-refractivity contribution in [3.05, 3.63) is 58.1 Å². The number of fused-ring (bicyclic) bond motifs is 1. The topological polar surface area (TPSA) is 56.6 Å².